The van der Waals surface area contributed by atoms with Gasteiger partial charge in [-0.2, -0.15) is 0 Å². The Hall–Kier alpha value is -0.620. The minimum atomic E-state index is -3.11. The number of hydrogen-bond acceptors (Lipinski definition) is 4. The van der Waals surface area contributed by atoms with Crippen molar-refractivity contribution in [2.45, 2.75) is 51.5 Å². The lowest BCUT2D eigenvalue weighted by atomic mass is 9.84. The number of sulfonamides is 1. The Morgan fingerprint density at radius 1 is 1.21 bits per heavy atom. The van der Waals surface area contributed by atoms with Gasteiger partial charge in [0, 0.05) is 46.8 Å². The molecule has 2 fully saturated rings. The Morgan fingerprint density at radius 3 is 2.25 bits per heavy atom. The molecule has 0 radical (unpaired) electrons. The molecule has 2 aliphatic rings. The molecule has 0 atom stereocenters. The van der Waals surface area contributed by atoms with Crippen LogP contribution in [-0.2, 0) is 14.8 Å². The lowest BCUT2D eigenvalue weighted by Crippen LogP contribution is -2.53. The van der Waals surface area contributed by atoms with Gasteiger partial charge in [0.25, 0.3) is 0 Å². The summed E-state index contributed by atoms with van der Waals surface area (Å²) in [6, 6.07) is 0.184. The molecule has 1 aliphatic heterocycles. The first-order valence-corrected chi connectivity index (χ1v) is 11.5. The van der Waals surface area contributed by atoms with Crippen molar-refractivity contribution >= 4 is 45.9 Å². The summed E-state index contributed by atoms with van der Waals surface area (Å²) in [5, 5.41) is 6.74. The summed E-state index contributed by atoms with van der Waals surface area (Å²) < 4.78 is 25.5. The molecule has 1 aliphatic carbocycles. The molecular weight excluding hydrogens is 493 g/mol. The van der Waals surface area contributed by atoms with E-state index in [2.05, 4.69) is 15.6 Å². The van der Waals surface area contributed by atoms with E-state index in [0.717, 1.165) is 38.5 Å². The minimum Gasteiger partial charge on any atom is -0.355 e. The molecule has 2 rings (SSSR count). The Morgan fingerprint density at radius 2 is 1.79 bits per heavy atom. The minimum absolute atomic E-state index is 0. The summed E-state index contributed by atoms with van der Waals surface area (Å²) >= 11 is 0. The first-order valence-electron chi connectivity index (χ1n) is 9.91. The number of halogens is 1. The predicted octanol–water partition coefficient (Wildman–Crippen LogP) is 1.23. The van der Waals surface area contributed by atoms with Crippen LogP contribution in [0.3, 0.4) is 0 Å². The van der Waals surface area contributed by atoms with Crippen molar-refractivity contribution in [2.24, 2.45) is 10.4 Å². The van der Waals surface area contributed by atoms with Gasteiger partial charge in [-0.25, -0.2) is 12.7 Å². The molecule has 28 heavy (non-hydrogen) atoms. The van der Waals surface area contributed by atoms with Crippen LogP contribution in [0.1, 0.15) is 45.4 Å². The van der Waals surface area contributed by atoms with E-state index in [1.54, 1.807) is 23.2 Å². The van der Waals surface area contributed by atoms with Crippen molar-refractivity contribution in [3.05, 3.63) is 0 Å². The van der Waals surface area contributed by atoms with Crippen LogP contribution in [0, 0.1) is 5.41 Å². The van der Waals surface area contributed by atoms with Gasteiger partial charge >= 0.3 is 0 Å². The normalized spacial score (nSPS) is 21.1. The Labute approximate surface area is 187 Å². The number of hydrogen-bond donors (Lipinski definition) is 2. The van der Waals surface area contributed by atoms with E-state index in [0.29, 0.717) is 25.6 Å². The number of carbonyl (C=O) groups is 1. The van der Waals surface area contributed by atoms with Crippen LogP contribution in [0.5, 0.6) is 0 Å². The van der Waals surface area contributed by atoms with E-state index in [9.17, 15) is 13.2 Å². The third-order valence-corrected chi connectivity index (χ3v) is 7.67. The standard InChI is InChI=1S/C18H35N5O3S.HI/c1-5-27(25,26)23-12-8-15(9-13-23)21-17(19-2)20-14-18(10-6-7-11-18)16(24)22(3)4;/h15H,5-14H2,1-4H3,(H2,19,20,21);1H. The number of piperidine rings is 1. The van der Waals surface area contributed by atoms with E-state index in [1.165, 1.54) is 0 Å². The van der Waals surface area contributed by atoms with Gasteiger partial charge in [-0.05, 0) is 32.6 Å². The summed E-state index contributed by atoms with van der Waals surface area (Å²) in [6.45, 7) is 3.33. The fourth-order valence-electron chi connectivity index (χ4n) is 4.09. The number of rotatable bonds is 6. The van der Waals surface area contributed by atoms with Crippen LogP contribution in [0.25, 0.3) is 0 Å². The van der Waals surface area contributed by atoms with Crippen molar-refractivity contribution in [1.82, 2.24) is 19.8 Å². The maximum absolute atomic E-state index is 12.7. The summed E-state index contributed by atoms with van der Waals surface area (Å²) in [5.41, 5.74) is -0.348. The van der Waals surface area contributed by atoms with Gasteiger partial charge in [0.05, 0.1) is 11.2 Å². The van der Waals surface area contributed by atoms with Crippen LogP contribution < -0.4 is 10.6 Å². The van der Waals surface area contributed by atoms with E-state index in [4.69, 9.17) is 0 Å². The number of nitrogens with zero attached hydrogens (tertiary/aromatic N) is 3. The van der Waals surface area contributed by atoms with Gasteiger partial charge in [0.1, 0.15) is 0 Å². The second-order valence-electron chi connectivity index (χ2n) is 7.83. The van der Waals surface area contributed by atoms with E-state index in [-0.39, 0.29) is 47.1 Å². The maximum Gasteiger partial charge on any atom is 0.230 e. The summed E-state index contributed by atoms with van der Waals surface area (Å²) in [5.74, 6) is 1.02. The monoisotopic (exact) mass is 529 g/mol. The average Bonchev–Trinajstić information content (AvgIpc) is 3.14. The zero-order chi connectivity index (χ0) is 20.1. The number of nitrogens with one attached hydrogen (secondary N) is 2. The van der Waals surface area contributed by atoms with Crippen molar-refractivity contribution in [3.8, 4) is 0 Å². The van der Waals surface area contributed by atoms with Gasteiger partial charge in [0.15, 0.2) is 5.96 Å². The fourth-order valence-corrected chi connectivity index (χ4v) is 5.23. The first-order chi connectivity index (χ1) is 12.7. The molecule has 8 nitrogen and oxygen atoms in total. The lowest BCUT2D eigenvalue weighted by molar-refractivity contribution is -0.138. The highest BCUT2D eigenvalue weighted by Gasteiger charge is 2.42. The molecular formula is C18H36IN5O3S. The van der Waals surface area contributed by atoms with Crippen LogP contribution in [0.4, 0.5) is 0 Å². The molecule has 0 unspecified atom stereocenters. The summed E-state index contributed by atoms with van der Waals surface area (Å²) in [7, 11) is 2.24. The molecule has 164 valence electrons. The molecule has 0 aromatic carbocycles. The summed E-state index contributed by atoms with van der Waals surface area (Å²) in [4.78, 5) is 18.7. The molecule has 0 bridgehead atoms. The number of guanidine groups is 1. The van der Waals surface area contributed by atoms with Crippen LogP contribution in [0.2, 0.25) is 0 Å². The van der Waals surface area contributed by atoms with Gasteiger partial charge in [-0.3, -0.25) is 9.79 Å². The molecule has 1 amide bonds. The number of carbonyl (C=O) groups excluding carboxylic acids is 1. The largest absolute Gasteiger partial charge is 0.355 e. The van der Waals surface area contributed by atoms with E-state index in [1.807, 2.05) is 14.1 Å². The fraction of sp³-hybridized carbons (Fsp3) is 0.889. The Balaban J connectivity index is 0.00000392. The Bertz CT molecular complexity index is 640. The van der Waals surface area contributed by atoms with Crippen molar-refractivity contribution in [1.29, 1.82) is 0 Å². The number of aliphatic imine (C=N–C) groups is 1. The molecule has 0 spiro atoms. The average molecular weight is 529 g/mol. The van der Waals surface area contributed by atoms with Crippen molar-refractivity contribution in [2.75, 3.05) is 46.5 Å². The molecule has 0 aromatic rings. The Kier molecular flexibility index (Phi) is 9.95. The molecule has 2 N–H and O–H groups in total. The van der Waals surface area contributed by atoms with Crippen LogP contribution in [0.15, 0.2) is 4.99 Å². The van der Waals surface area contributed by atoms with E-state index < -0.39 is 10.0 Å². The van der Waals surface area contributed by atoms with Crippen LogP contribution >= 0.6 is 24.0 Å². The zero-order valence-electron chi connectivity index (χ0n) is 17.5. The predicted molar refractivity (Wildman–Crippen MR) is 124 cm³/mol. The molecule has 1 saturated heterocycles. The highest BCUT2D eigenvalue weighted by atomic mass is 127. The molecule has 1 heterocycles. The van der Waals surface area contributed by atoms with Gasteiger partial charge in [-0.1, -0.05) is 12.8 Å². The van der Waals surface area contributed by atoms with Gasteiger partial charge in [0.2, 0.25) is 15.9 Å². The van der Waals surface area contributed by atoms with Crippen molar-refractivity contribution < 1.29 is 13.2 Å². The highest BCUT2D eigenvalue weighted by molar-refractivity contribution is 14.0. The maximum atomic E-state index is 12.7. The van der Waals surface area contributed by atoms with Gasteiger partial charge in [-0.15, -0.1) is 24.0 Å². The quantitative estimate of drug-likeness (QED) is 0.307. The topological polar surface area (TPSA) is 94.1 Å². The highest BCUT2D eigenvalue weighted by Crippen LogP contribution is 2.38. The van der Waals surface area contributed by atoms with Crippen molar-refractivity contribution in [3.63, 3.8) is 0 Å². The van der Waals surface area contributed by atoms with E-state index >= 15 is 0 Å². The van der Waals surface area contributed by atoms with Gasteiger partial charge < -0.3 is 15.5 Å². The smallest absolute Gasteiger partial charge is 0.230 e. The third-order valence-electron chi connectivity index (χ3n) is 5.79. The molecule has 1 saturated carbocycles. The van der Waals surface area contributed by atoms with Crippen LogP contribution in [-0.4, -0.2) is 82.1 Å². The SMILES string of the molecule is CCS(=O)(=O)N1CCC(NC(=NC)NCC2(C(=O)N(C)C)CCCC2)CC1.I. The summed E-state index contributed by atoms with van der Waals surface area (Å²) in [6.07, 6.45) is 5.47. The second-order valence-corrected chi connectivity index (χ2v) is 10.1. The lowest BCUT2D eigenvalue weighted by Gasteiger charge is -2.34. The molecule has 10 heteroatoms. The third kappa shape index (κ3) is 6.19. The zero-order valence-corrected chi connectivity index (χ0v) is 20.7. The second kappa shape index (κ2) is 11.0. The molecule has 0 aromatic heterocycles. The number of amides is 1. The first kappa shape index (κ1) is 25.4.